The lowest BCUT2D eigenvalue weighted by atomic mass is 9.86. The number of aromatic nitrogens is 1. The molecule has 1 aliphatic heterocycles. The SMILES string of the molecule is Cc1c(C)c2c3c(c1C)c(=O)c(C(=O)O)c(C)n3C(C)CC2=O. The number of nitrogens with zero attached hydrogens (tertiary/aromatic N) is 1. The standard InChI is InChI=1S/C18H19NO4/c1-7-6-12(20)13-9(3)8(2)10(4)14-16(13)19(7)11(5)15(17(14)21)18(22)23/h7H,6H2,1-5H3,(H,22,23). The van der Waals surface area contributed by atoms with Crippen molar-refractivity contribution in [2.75, 3.05) is 0 Å². The highest BCUT2D eigenvalue weighted by Crippen LogP contribution is 2.36. The first-order valence-electron chi connectivity index (χ1n) is 7.63. The highest BCUT2D eigenvalue weighted by atomic mass is 16.4. The minimum atomic E-state index is -1.22. The lowest BCUT2D eigenvalue weighted by Gasteiger charge is -2.30. The van der Waals surface area contributed by atoms with E-state index in [2.05, 4.69) is 0 Å². The Bertz CT molecular complexity index is 966. The Morgan fingerprint density at radius 1 is 1.09 bits per heavy atom. The van der Waals surface area contributed by atoms with E-state index in [0.717, 1.165) is 16.7 Å². The van der Waals surface area contributed by atoms with Crippen LogP contribution >= 0.6 is 0 Å². The summed E-state index contributed by atoms with van der Waals surface area (Å²) in [6.45, 7) is 9.10. The monoisotopic (exact) mass is 313 g/mol. The first kappa shape index (κ1) is 15.5. The molecule has 0 saturated heterocycles. The number of pyridine rings is 1. The van der Waals surface area contributed by atoms with Crippen LogP contribution in [0.3, 0.4) is 0 Å². The van der Waals surface area contributed by atoms with E-state index in [1.807, 2.05) is 32.3 Å². The van der Waals surface area contributed by atoms with Crippen molar-refractivity contribution in [1.82, 2.24) is 4.57 Å². The second-order valence-corrected chi connectivity index (χ2v) is 6.41. The van der Waals surface area contributed by atoms with Crippen LogP contribution in [0.1, 0.15) is 62.5 Å². The summed E-state index contributed by atoms with van der Waals surface area (Å²) in [5.74, 6) is -1.20. The third kappa shape index (κ3) is 1.82. The molecule has 0 amide bonds. The van der Waals surface area contributed by atoms with E-state index in [9.17, 15) is 19.5 Å². The average molecular weight is 313 g/mol. The minimum Gasteiger partial charge on any atom is -0.477 e. The molecule has 1 atom stereocenters. The smallest absolute Gasteiger partial charge is 0.341 e. The Morgan fingerprint density at radius 2 is 1.70 bits per heavy atom. The molecule has 0 fully saturated rings. The van der Waals surface area contributed by atoms with Crippen LogP contribution in [-0.2, 0) is 0 Å². The summed E-state index contributed by atoms with van der Waals surface area (Å²) in [4.78, 5) is 37.0. The van der Waals surface area contributed by atoms with Crippen molar-refractivity contribution in [3.05, 3.63) is 43.7 Å². The molecule has 5 heteroatoms. The van der Waals surface area contributed by atoms with E-state index in [0.29, 0.717) is 28.6 Å². The van der Waals surface area contributed by atoms with Crippen LogP contribution in [0.4, 0.5) is 0 Å². The number of rotatable bonds is 1. The molecule has 2 heterocycles. The zero-order valence-corrected chi connectivity index (χ0v) is 13.9. The molecule has 1 aromatic heterocycles. The first-order chi connectivity index (χ1) is 10.7. The van der Waals surface area contributed by atoms with Crippen LogP contribution in [0.25, 0.3) is 10.9 Å². The topological polar surface area (TPSA) is 76.4 Å². The normalized spacial score (nSPS) is 16.9. The Kier molecular flexibility index (Phi) is 3.21. The van der Waals surface area contributed by atoms with Crippen molar-refractivity contribution in [2.24, 2.45) is 0 Å². The van der Waals surface area contributed by atoms with Crippen molar-refractivity contribution in [3.8, 4) is 0 Å². The molecule has 5 nitrogen and oxygen atoms in total. The number of benzene rings is 1. The number of carboxylic acids is 1. The maximum Gasteiger partial charge on any atom is 0.341 e. The summed E-state index contributed by atoms with van der Waals surface area (Å²) in [5.41, 5.74) is 3.39. The van der Waals surface area contributed by atoms with Gasteiger partial charge in [-0.3, -0.25) is 9.59 Å². The van der Waals surface area contributed by atoms with E-state index < -0.39 is 11.4 Å². The van der Waals surface area contributed by atoms with Crippen LogP contribution in [0.15, 0.2) is 4.79 Å². The van der Waals surface area contributed by atoms with Crippen molar-refractivity contribution in [1.29, 1.82) is 0 Å². The molecule has 1 N–H and O–H groups in total. The van der Waals surface area contributed by atoms with E-state index in [1.165, 1.54) is 0 Å². The zero-order chi connectivity index (χ0) is 17.2. The van der Waals surface area contributed by atoms with Gasteiger partial charge >= 0.3 is 5.97 Å². The molecular weight excluding hydrogens is 294 g/mol. The number of hydrogen-bond donors (Lipinski definition) is 1. The van der Waals surface area contributed by atoms with Gasteiger partial charge in [-0.25, -0.2) is 4.79 Å². The first-order valence-corrected chi connectivity index (χ1v) is 7.63. The quantitative estimate of drug-likeness (QED) is 0.877. The second-order valence-electron chi connectivity index (χ2n) is 6.41. The van der Waals surface area contributed by atoms with Gasteiger partial charge in [-0.1, -0.05) is 0 Å². The van der Waals surface area contributed by atoms with Crippen molar-refractivity contribution >= 4 is 22.7 Å². The van der Waals surface area contributed by atoms with Crippen LogP contribution < -0.4 is 5.43 Å². The van der Waals surface area contributed by atoms with E-state index in [-0.39, 0.29) is 17.4 Å². The number of Topliss-reactive ketones (excluding diaryl/α,β-unsaturated/α-hetero) is 1. The van der Waals surface area contributed by atoms with Crippen molar-refractivity contribution in [3.63, 3.8) is 0 Å². The average Bonchev–Trinajstić information content (AvgIpc) is 2.43. The summed E-state index contributed by atoms with van der Waals surface area (Å²) in [7, 11) is 0. The molecule has 0 aliphatic carbocycles. The minimum absolute atomic E-state index is 0.0185. The maximum atomic E-state index is 12.8. The van der Waals surface area contributed by atoms with Gasteiger partial charge in [0.25, 0.3) is 0 Å². The number of hydrogen-bond acceptors (Lipinski definition) is 3. The van der Waals surface area contributed by atoms with Gasteiger partial charge in [0.2, 0.25) is 5.43 Å². The predicted octanol–water partition coefficient (Wildman–Crippen LogP) is 3.08. The fourth-order valence-corrected chi connectivity index (χ4v) is 3.84. The van der Waals surface area contributed by atoms with Gasteiger partial charge in [0.05, 0.1) is 10.9 Å². The molecule has 0 spiro atoms. The fourth-order valence-electron chi connectivity index (χ4n) is 3.84. The lowest BCUT2D eigenvalue weighted by molar-refractivity contribution is 0.0693. The maximum absolute atomic E-state index is 12.8. The molecule has 1 unspecified atom stereocenters. The van der Waals surface area contributed by atoms with E-state index >= 15 is 0 Å². The molecule has 120 valence electrons. The summed E-state index contributed by atoms with van der Waals surface area (Å²) < 4.78 is 1.86. The van der Waals surface area contributed by atoms with E-state index in [4.69, 9.17) is 0 Å². The molecule has 0 saturated carbocycles. The van der Waals surface area contributed by atoms with Crippen molar-refractivity contribution < 1.29 is 14.7 Å². The third-order valence-corrected chi connectivity index (χ3v) is 5.18. The number of ketones is 1. The van der Waals surface area contributed by atoms with Gasteiger partial charge < -0.3 is 9.67 Å². The number of aryl methyl sites for hydroxylation is 1. The Hall–Kier alpha value is -2.43. The largest absolute Gasteiger partial charge is 0.477 e. The van der Waals surface area contributed by atoms with Crippen LogP contribution in [0, 0.1) is 27.7 Å². The van der Waals surface area contributed by atoms with Crippen LogP contribution in [-0.4, -0.2) is 21.4 Å². The molecule has 2 aromatic rings. The highest BCUT2D eigenvalue weighted by Gasteiger charge is 2.32. The van der Waals surface area contributed by atoms with Gasteiger partial charge in [0.15, 0.2) is 5.78 Å². The van der Waals surface area contributed by atoms with Gasteiger partial charge in [-0.2, -0.15) is 0 Å². The van der Waals surface area contributed by atoms with Gasteiger partial charge in [0, 0.05) is 23.7 Å². The van der Waals surface area contributed by atoms with Gasteiger partial charge in [0.1, 0.15) is 5.56 Å². The summed E-state index contributed by atoms with van der Waals surface area (Å²) in [6.07, 6.45) is 0.314. The predicted molar refractivity (Wildman–Crippen MR) is 87.8 cm³/mol. The molecule has 3 rings (SSSR count). The molecule has 0 bridgehead atoms. The second kappa shape index (κ2) is 4.78. The van der Waals surface area contributed by atoms with Crippen LogP contribution in [0.5, 0.6) is 0 Å². The van der Waals surface area contributed by atoms with Crippen LogP contribution in [0.2, 0.25) is 0 Å². The van der Waals surface area contributed by atoms with Crippen molar-refractivity contribution in [2.45, 2.75) is 47.1 Å². The molecular formula is C18H19NO4. The van der Waals surface area contributed by atoms with Gasteiger partial charge in [-0.05, 0) is 51.3 Å². The number of carbonyl (C=O) groups excluding carboxylic acids is 1. The molecule has 1 aromatic carbocycles. The zero-order valence-electron chi connectivity index (χ0n) is 13.9. The summed E-state index contributed by atoms with van der Waals surface area (Å²) >= 11 is 0. The number of aromatic carboxylic acids is 1. The van der Waals surface area contributed by atoms with E-state index in [1.54, 1.807) is 6.92 Å². The third-order valence-electron chi connectivity index (χ3n) is 5.18. The highest BCUT2D eigenvalue weighted by molar-refractivity contribution is 6.12. The summed E-state index contributed by atoms with van der Waals surface area (Å²) in [5, 5.41) is 9.85. The number of carboxylic acid groups (broad SMARTS) is 1. The Labute approximate surface area is 133 Å². The molecule has 1 aliphatic rings. The molecule has 23 heavy (non-hydrogen) atoms. The lowest BCUT2D eigenvalue weighted by Crippen LogP contribution is -2.30. The Morgan fingerprint density at radius 3 is 2.26 bits per heavy atom. The summed E-state index contributed by atoms with van der Waals surface area (Å²) in [6, 6.07) is -0.169. The fraction of sp³-hybridized carbons (Fsp3) is 0.389. The Balaban J connectivity index is 2.76. The van der Waals surface area contributed by atoms with Gasteiger partial charge in [-0.15, -0.1) is 0 Å². The molecule has 0 radical (unpaired) electrons. The number of carbonyl (C=O) groups is 2.